The minimum Gasteiger partial charge on any atom is -0.476 e. The van der Waals surface area contributed by atoms with Crippen molar-refractivity contribution in [2.45, 2.75) is 24.7 Å². The molecular formula is C26H25N3O5S. The van der Waals surface area contributed by atoms with Crippen LogP contribution in [-0.4, -0.2) is 39.4 Å². The van der Waals surface area contributed by atoms with Crippen LogP contribution in [0.3, 0.4) is 0 Å². The molecule has 1 fully saturated rings. The second kappa shape index (κ2) is 9.42. The van der Waals surface area contributed by atoms with Crippen molar-refractivity contribution in [2.24, 2.45) is 0 Å². The van der Waals surface area contributed by atoms with E-state index in [0.717, 1.165) is 12.1 Å². The van der Waals surface area contributed by atoms with Crippen LogP contribution < -0.4 is 19.3 Å². The van der Waals surface area contributed by atoms with E-state index < -0.39 is 22.0 Å². The molecule has 3 aromatic carbocycles. The van der Waals surface area contributed by atoms with Gasteiger partial charge < -0.3 is 15.0 Å². The molecule has 2 aliphatic heterocycles. The summed E-state index contributed by atoms with van der Waals surface area (Å²) in [5.74, 6) is -0.219. The van der Waals surface area contributed by atoms with Gasteiger partial charge in [0.2, 0.25) is 15.9 Å². The van der Waals surface area contributed by atoms with Crippen LogP contribution in [0, 0.1) is 0 Å². The molecule has 35 heavy (non-hydrogen) atoms. The first kappa shape index (κ1) is 22.9. The van der Waals surface area contributed by atoms with Crippen molar-refractivity contribution in [3.63, 3.8) is 0 Å². The van der Waals surface area contributed by atoms with Crippen LogP contribution in [0.1, 0.15) is 18.4 Å². The Morgan fingerprint density at radius 3 is 2.40 bits per heavy atom. The van der Waals surface area contributed by atoms with E-state index in [9.17, 15) is 18.0 Å². The molecule has 1 unspecified atom stereocenters. The summed E-state index contributed by atoms with van der Waals surface area (Å²) in [5, 5.41) is 2.80. The molecule has 2 aliphatic rings. The van der Waals surface area contributed by atoms with Crippen molar-refractivity contribution >= 4 is 38.9 Å². The molecule has 0 spiro atoms. The molecule has 5 rings (SSSR count). The van der Waals surface area contributed by atoms with Crippen LogP contribution in [0.2, 0.25) is 0 Å². The van der Waals surface area contributed by atoms with E-state index in [2.05, 4.69) is 5.32 Å². The van der Waals surface area contributed by atoms with Gasteiger partial charge in [0.15, 0.2) is 6.10 Å². The third kappa shape index (κ3) is 4.85. The van der Waals surface area contributed by atoms with E-state index in [1.54, 1.807) is 77.7 Å². The van der Waals surface area contributed by atoms with Gasteiger partial charge in [0.25, 0.3) is 5.91 Å². The zero-order valence-corrected chi connectivity index (χ0v) is 19.8. The van der Waals surface area contributed by atoms with E-state index in [-0.39, 0.29) is 18.2 Å². The van der Waals surface area contributed by atoms with E-state index >= 15 is 0 Å². The Morgan fingerprint density at radius 2 is 1.69 bits per heavy atom. The Morgan fingerprint density at radius 1 is 0.971 bits per heavy atom. The first-order valence-corrected chi connectivity index (χ1v) is 13.0. The van der Waals surface area contributed by atoms with Gasteiger partial charge in [0.1, 0.15) is 5.75 Å². The van der Waals surface area contributed by atoms with Gasteiger partial charge in [-0.1, -0.05) is 42.5 Å². The molecule has 0 bridgehead atoms. The first-order chi connectivity index (χ1) is 16.9. The van der Waals surface area contributed by atoms with Gasteiger partial charge in [-0.15, -0.1) is 0 Å². The topological polar surface area (TPSA) is 96.0 Å². The van der Waals surface area contributed by atoms with Gasteiger partial charge >= 0.3 is 0 Å². The normalized spacial score (nSPS) is 17.6. The van der Waals surface area contributed by atoms with E-state index in [0.29, 0.717) is 35.7 Å². The predicted octanol–water partition coefficient (Wildman–Crippen LogP) is 3.55. The first-order valence-electron chi connectivity index (χ1n) is 11.4. The number of hydrogen-bond acceptors (Lipinski definition) is 5. The van der Waals surface area contributed by atoms with Crippen molar-refractivity contribution < 1.29 is 22.7 Å². The fourth-order valence-corrected chi connectivity index (χ4v) is 5.92. The van der Waals surface area contributed by atoms with Crippen molar-refractivity contribution in [3.8, 4) is 5.75 Å². The van der Waals surface area contributed by atoms with Gasteiger partial charge in [-0.3, -0.25) is 13.9 Å². The predicted molar refractivity (Wildman–Crippen MR) is 134 cm³/mol. The number of rotatable bonds is 6. The van der Waals surface area contributed by atoms with Crippen molar-refractivity contribution in [1.29, 1.82) is 0 Å². The molecule has 9 heteroatoms. The van der Waals surface area contributed by atoms with Crippen LogP contribution in [0.4, 0.5) is 17.1 Å². The van der Waals surface area contributed by atoms with Crippen molar-refractivity contribution in [2.75, 3.05) is 27.6 Å². The summed E-state index contributed by atoms with van der Waals surface area (Å²) in [6.45, 7) is 0.547. The summed E-state index contributed by atoms with van der Waals surface area (Å²) < 4.78 is 33.8. The molecule has 180 valence electrons. The average Bonchev–Trinajstić information content (AvgIpc) is 3.30. The number of anilines is 3. The zero-order valence-electron chi connectivity index (χ0n) is 19.0. The van der Waals surface area contributed by atoms with E-state index in [4.69, 9.17) is 4.74 Å². The van der Waals surface area contributed by atoms with Crippen LogP contribution in [0.25, 0.3) is 0 Å². The lowest BCUT2D eigenvalue weighted by Crippen LogP contribution is -2.49. The Bertz CT molecular complexity index is 1340. The summed E-state index contributed by atoms with van der Waals surface area (Å²) in [6.07, 6.45) is 0.347. The maximum atomic E-state index is 13.3. The maximum absolute atomic E-state index is 13.3. The lowest BCUT2D eigenvalue weighted by atomic mass is 10.2. The Hall–Kier alpha value is -3.85. The molecule has 1 saturated heterocycles. The van der Waals surface area contributed by atoms with Gasteiger partial charge in [-0.25, -0.2) is 8.42 Å². The largest absolute Gasteiger partial charge is 0.476 e. The number of ether oxygens (including phenoxy) is 1. The fraction of sp³-hybridized carbons (Fsp3) is 0.231. The molecular weight excluding hydrogens is 466 g/mol. The quantitative estimate of drug-likeness (QED) is 0.569. The van der Waals surface area contributed by atoms with Gasteiger partial charge in [0.05, 0.1) is 18.0 Å². The standard InChI is InChI=1S/C26H25N3O5S/c30-25-11-6-16-28(25)21-14-12-20(13-15-21)27-26(31)24-17-29(22-9-4-5-10-23(22)34-24)35(32,33)18-19-7-2-1-3-8-19/h1-5,7-10,12-15,24H,6,11,16-18H2,(H,27,31). The molecule has 1 N–H and O–H groups in total. The molecule has 0 saturated carbocycles. The van der Waals surface area contributed by atoms with E-state index in [1.165, 1.54) is 4.31 Å². The molecule has 2 amide bonds. The fourth-order valence-electron chi connectivity index (χ4n) is 4.33. The lowest BCUT2D eigenvalue weighted by molar-refractivity contribution is -0.122. The smallest absolute Gasteiger partial charge is 0.267 e. The number of fused-ring (bicyclic) bond motifs is 1. The van der Waals surface area contributed by atoms with Gasteiger partial charge in [-0.05, 0) is 48.4 Å². The highest BCUT2D eigenvalue weighted by Gasteiger charge is 2.36. The summed E-state index contributed by atoms with van der Waals surface area (Å²) in [6, 6.07) is 22.7. The highest BCUT2D eigenvalue weighted by atomic mass is 32.2. The Kier molecular flexibility index (Phi) is 6.17. The Labute approximate surface area is 204 Å². The number of nitrogens with zero attached hydrogens (tertiary/aromatic N) is 2. The van der Waals surface area contributed by atoms with E-state index in [1.807, 2.05) is 6.07 Å². The second-order valence-electron chi connectivity index (χ2n) is 8.53. The number of hydrogen-bond donors (Lipinski definition) is 1. The SMILES string of the molecule is O=C(Nc1ccc(N2CCCC2=O)cc1)C1CN(S(=O)(=O)Cc2ccccc2)c2ccccc2O1. The van der Waals surface area contributed by atoms with Crippen LogP contribution in [0.15, 0.2) is 78.9 Å². The number of carbonyl (C=O) groups excluding carboxylic acids is 2. The summed E-state index contributed by atoms with van der Waals surface area (Å²) >= 11 is 0. The van der Waals surface area contributed by atoms with Gasteiger partial charge in [0, 0.05) is 24.3 Å². The molecule has 8 nitrogen and oxygen atoms in total. The maximum Gasteiger partial charge on any atom is 0.267 e. The third-order valence-electron chi connectivity index (χ3n) is 6.07. The molecule has 0 radical (unpaired) electrons. The number of sulfonamides is 1. The highest BCUT2D eigenvalue weighted by Crippen LogP contribution is 2.36. The summed E-state index contributed by atoms with van der Waals surface area (Å²) in [7, 11) is -3.77. The number of para-hydroxylation sites is 2. The van der Waals surface area contributed by atoms with Gasteiger partial charge in [-0.2, -0.15) is 0 Å². The molecule has 2 heterocycles. The molecule has 0 aromatic heterocycles. The van der Waals surface area contributed by atoms with Crippen LogP contribution in [-0.2, 0) is 25.4 Å². The minimum absolute atomic E-state index is 0.0906. The van der Waals surface area contributed by atoms with Crippen molar-refractivity contribution in [1.82, 2.24) is 0 Å². The zero-order chi connectivity index (χ0) is 24.4. The number of benzene rings is 3. The minimum atomic E-state index is -3.77. The highest BCUT2D eigenvalue weighted by molar-refractivity contribution is 7.92. The second-order valence-corrected chi connectivity index (χ2v) is 10.4. The molecule has 0 aliphatic carbocycles. The molecule has 1 atom stereocenters. The Balaban J connectivity index is 1.34. The number of carbonyl (C=O) groups is 2. The van der Waals surface area contributed by atoms with Crippen LogP contribution >= 0.6 is 0 Å². The third-order valence-corrected chi connectivity index (χ3v) is 7.79. The molecule has 3 aromatic rings. The lowest BCUT2D eigenvalue weighted by Gasteiger charge is -2.34. The summed E-state index contributed by atoms with van der Waals surface area (Å²) in [4.78, 5) is 26.8. The van der Waals surface area contributed by atoms with Crippen LogP contribution in [0.5, 0.6) is 5.75 Å². The van der Waals surface area contributed by atoms with Crippen molar-refractivity contribution in [3.05, 3.63) is 84.4 Å². The monoisotopic (exact) mass is 491 g/mol. The number of amides is 2. The average molecular weight is 492 g/mol. The summed E-state index contributed by atoms with van der Waals surface area (Å²) in [5.41, 5.74) is 2.39. The number of nitrogens with one attached hydrogen (secondary N) is 1.